The Morgan fingerprint density at radius 2 is 2.11 bits per heavy atom. The first-order chi connectivity index (χ1) is 8.81. The molecule has 0 amide bonds. The number of pyridine rings is 2. The molecule has 0 aromatic carbocycles. The lowest BCUT2D eigenvalue weighted by molar-refractivity contribution is 0.389. The first kappa shape index (κ1) is 12.5. The average molecular weight is 243 g/mol. The van der Waals surface area contributed by atoms with E-state index in [-0.39, 0.29) is 6.04 Å². The van der Waals surface area contributed by atoms with E-state index < -0.39 is 0 Å². The van der Waals surface area contributed by atoms with Gasteiger partial charge in [0.25, 0.3) is 0 Å². The van der Waals surface area contributed by atoms with E-state index >= 15 is 0 Å². The maximum Gasteiger partial charge on any atom is 0.217 e. The number of hydrogen-bond acceptors (Lipinski definition) is 4. The van der Waals surface area contributed by atoms with E-state index in [2.05, 4.69) is 28.3 Å². The summed E-state index contributed by atoms with van der Waals surface area (Å²) in [6.07, 6.45) is 5.38. The van der Waals surface area contributed by atoms with Crippen molar-refractivity contribution in [2.24, 2.45) is 0 Å². The summed E-state index contributed by atoms with van der Waals surface area (Å²) in [6, 6.07) is 8.16. The lowest BCUT2D eigenvalue weighted by Gasteiger charge is -2.14. The van der Waals surface area contributed by atoms with Gasteiger partial charge in [-0.15, -0.1) is 0 Å². The molecule has 0 aliphatic carbocycles. The summed E-state index contributed by atoms with van der Waals surface area (Å²) in [5.41, 5.74) is 2.22. The maximum atomic E-state index is 5.22. The third-order valence-corrected chi connectivity index (χ3v) is 2.83. The Morgan fingerprint density at radius 3 is 2.83 bits per heavy atom. The van der Waals surface area contributed by atoms with Gasteiger partial charge in [-0.25, -0.2) is 4.98 Å². The second-order valence-electron chi connectivity index (χ2n) is 4.06. The number of rotatable bonds is 5. The van der Waals surface area contributed by atoms with Crippen LogP contribution in [0.25, 0.3) is 0 Å². The second kappa shape index (κ2) is 6.12. The van der Waals surface area contributed by atoms with Gasteiger partial charge in [0.15, 0.2) is 0 Å². The summed E-state index contributed by atoms with van der Waals surface area (Å²) >= 11 is 0. The van der Waals surface area contributed by atoms with Gasteiger partial charge in [0.2, 0.25) is 5.88 Å². The molecule has 0 fully saturated rings. The third-order valence-electron chi connectivity index (χ3n) is 2.83. The SMILES string of the molecule is COc1ncccc1CN[C@H](C)c1cccnc1. The molecule has 1 atom stereocenters. The number of hydrogen-bond donors (Lipinski definition) is 1. The Bertz CT molecular complexity index is 487. The van der Waals surface area contributed by atoms with Crippen LogP contribution in [0.4, 0.5) is 0 Å². The summed E-state index contributed by atoms with van der Waals surface area (Å²) in [5.74, 6) is 0.670. The van der Waals surface area contributed by atoms with E-state index in [0.717, 1.165) is 5.56 Å². The van der Waals surface area contributed by atoms with E-state index in [9.17, 15) is 0 Å². The summed E-state index contributed by atoms with van der Waals surface area (Å²) < 4.78 is 5.22. The fourth-order valence-electron chi connectivity index (χ4n) is 1.76. The van der Waals surface area contributed by atoms with Crippen molar-refractivity contribution in [3.8, 4) is 5.88 Å². The van der Waals surface area contributed by atoms with E-state index in [1.165, 1.54) is 5.56 Å². The molecule has 1 N–H and O–H groups in total. The zero-order chi connectivity index (χ0) is 12.8. The van der Waals surface area contributed by atoms with Gasteiger partial charge in [-0.1, -0.05) is 12.1 Å². The molecule has 0 aliphatic rings. The number of methoxy groups -OCH3 is 1. The summed E-state index contributed by atoms with van der Waals surface area (Å²) in [7, 11) is 1.64. The molecule has 4 nitrogen and oxygen atoms in total. The van der Waals surface area contributed by atoms with Crippen LogP contribution >= 0.6 is 0 Å². The molecule has 2 aromatic heterocycles. The van der Waals surface area contributed by atoms with Crippen molar-refractivity contribution in [3.63, 3.8) is 0 Å². The van der Waals surface area contributed by atoms with Crippen LogP contribution in [0.15, 0.2) is 42.9 Å². The van der Waals surface area contributed by atoms with Crippen molar-refractivity contribution in [2.45, 2.75) is 19.5 Å². The molecule has 0 aliphatic heterocycles. The normalized spacial score (nSPS) is 12.1. The molecule has 0 spiro atoms. The molecule has 2 heterocycles. The largest absolute Gasteiger partial charge is 0.481 e. The molecule has 0 saturated carbocycles. The first-order valence-corrected chi connectivity index (χ1v) is 5.92. The summed E-state index contributed by atoms with van der Waals surface area (Å²) in [6.45, 7) is 2.83. The van der Waals surface area contributed by atoms with E-state index in [4.69, 9.17) is 4.74 Å². The lowest BCUT2D eigenvalue weighted by Crippen LogP contribution is -2.18. The molecule has 2 aromatic rings. The Morgan fingerprint density at radius 1 is 1.28 bits per heavy atom. The highest BCUT2D eigenvalue weighted by Crippen LogP contribution is 2.16. The Kier molecular flexibility index (Phi) is 4.25. The van der Waals surface area contributed by atoms with Crippen molar-refractivity contribution in [2.75, 3.05) is 7.11 Å². The van der Waals surface area contributed by atoms with Gasteiger partial charge in [-0.2, -0.15) is 0 Å². The van der Waals surface area contributed by atoms with Gasteiger partial charge in [0.05, 0.1) is 7.11 Å². The number of nitrogens with zero attached hydrogens (tertiary/aromatic N) is 2. The molecular formula is C14H17N3O. The highest BCUT2D eigenvalue weighted by atomic mass is 16.5. The van der Waals surface area contributed by atoms with E-state index in [1.54, 1.807) is 19.5 Å². The molecule has 18 heavy (non-hydrogen) atoms. The van der Waals surface area contributed by atoms with Gasteiger partial charge >= 0.3 is 0 Å². The van der Waals surface area contributed by atoms with Gasteiger partial charge in [-0.3, -0.25) is 4.98 Å². The van der Waals surface area contributed by atoms with Crippen molar-refractivity contribution < 1.29 is 4.74 Å². The van der Waals surface area contributed by atoms with Crippen molar-refractivity contribution in [1.82, 2.24) is 15.3 Å². The molecule has 0 saturated heterocycles. The van der Waals surface area contributed by atoms with Gasteiger partial charge in [0.1, 0.15) is 0 Å². The van der Waals surface area contributed by atoms with E-state index in [0.29, 0.717) is 12.4 Å². The maximum absolute atomic E-state index is 5.22. The van der Waals surface area contributed by atoms with Gasteiger partial charge in [0, 0.05) is 36.7 Å². The van der Waals surface area contributed by atoms with Crippen LogP contribution in [0.5, 0.6) is 5.88 Å². The molecule has 4 heteroatoms. The van der Waals surface area contributed by atoms with Crippen LogP contribution in [0.1, 0.15) is 24.1 Å². The van der Waals surface area contributed by atoms with Crippen LogP contribution < -0.4 is 10.1 Å². The lowest BCUT2D eigenvalue weighted by atomic mass is 10.1. The highest BCUT2D eigenvalue weighted by molar-refractivity contribution is 5.25. The zero-order valence-electron chi connectivity index (χ0n) is 10.6. The van der Waals surface area contributed by atoms with Crippen molar-refractivity contribution in [3.05, 3.63) is 54.0 Å². The highest BCUT2D eigenvalue weighted by Gasteiger charge is 2.07. The number of ether oxygens (including phenoxy) is 1. The van der Waals surface area contributed by atoms with Crippen LogP contribution in [-0.2, 0) is 6.54 Å². The second-order valence-corrected chi connectivity index (χ2v) is 4.06. The Labute approximate surface area is 107 Å². The molecule has 0 radical (unpaired) electrons. The standard InChI is InChI=1S/C14H17N3O/c1-11(12-5-3-7-15-9-12)17-10-13-6-4-8-16-14(13)18-2/h3-9,11,17H,10H2,1-2H3/t11-/m1/s1. The van der Waals surface area contributed by atoms with Gasteiger partial charge < -0.3 is 10.1 Å². The number of nitrogens with one attached hydrogen (secondary N) is 1. The smallest absolute Gasteiger partial charge is 0.217 e. The molecule has 2 rings (SSSR count). The molecular weight excluding hydrogens is 226 g/mol. The Balaban J connectivity index is 1.99. The van der Waals surface area contributed by atoms with E-state index in [1.807, 2.05) is 24.4 Å². The minimum Gasteiger partial charge on any atom is -0.481 e. The Hall–Kier alpha value is -1.94. The quantitative estimate of drug-likeness (QED) is 0.875. The van der Waals surface area contributed by atoms with Crippen LogP contribution in [0, 0.1) is 0 Å². The average Bonchev–Trinajstić information content (AvgIpc) is 2.46. The zero-order valence-corrected chi connectivity index (χ0v) is 10.6. The molecule has 0 bridgehead atoms. The summed E-state index contributed by atoms with van der Waals surface area (Å²) in [4.78, 5) is 8.29. The molecule has 94 valence electrons. The fraction of sp³-hybridized carbons (Fsp3) is 0.286. The molecule has 0 unspecified atom stereocenters. The van der Waals surface area contributed by atoms with Crippen LogP contribution in [0.3, 0.4) is 0 Å². The first-order valence-electron chi connectivity index (χ1n) is 5.92. The topological polar surface area (TPSA) is 47.0 Å². The van der Waals surface area contributed by atoms with Crippen LogP contribution in [0.2, 0.25) is 0 Å². The fourth-order valence-corrected chi connectivity index (χ4v) is 1.76. The number of aromatic nitrogens is 2. The predicted octanol–water partition coefficient (Wildman–Crippen LogP) is 2.34. The van der Waals surface area contributed by atoms with Crippen molar-refractivity contribution in [1.29, 1.82) is 0 Å². The monoisotopic (exact) mass is 243 g/mol. The summed E-state index contributed by atoms with van der Waals surface area (Å²) in [5, 5.41) is 3.43. The van der Waals surface area contributed by atoms with Crippen molar-refractivity contribution >= 4 is 0 Å². The third kappa shape index (κ3) is 3.05. The van der Waals surface area contributed by atoms with Gasteiger partial charge in [-0.05, 0) is 24.6 Å². The minimum absolute atomic E-state index is 0.239. The minimum atomic E-state index is 0.239. The van der Waals surface area contributed by atoms with Crippen LogP contribution in [-0.4, -0.2) is 17.1 Å². The predicted molar refractivity (Wildman–Crippen MR) is 70.3 cm³/mol.